The number of carbonyl (C=O) groups excluding carboxylic acids is 2. The Morgan fingerprint density at radius 2 is 1.49 bits per heavy atom. The van der Waals surface area contributed by atoms with E-state index in [9.17, 15) is 9.59 Å². The SMILES string of the molecule is COc1ccc(-c2oc3ncnc(N[C@H]4CC[C@H](NC(=O)C5CCC(=O)O5)CC4)c3c2-c2ccc(OC)cc2)cc1. The fourth-order valence-electron chi connectivity index (χ4n) is 5.60. The highest BCUT2D eigenvalue weighted by molar-refractivity contribution is 6.06. The minimum absolute atomic E-state index is 0.0516. The van der Waals surface area contributed by atoms with Crippen LogP contribution in [0.2, 0.25) is 0 Å². The van der Waals surface area contributed by atoms with Crippen molar-refractivity contribution in [2.24, 2.45) is 0 Å². The molecule has 10 nitrogen and oxygen atoms in total. The minimum atomic E-state index is -0.662. The van der Waals surface area contributed by atoms with Crippen molar-refractivity contribution >= 4 is 28.8 Å². The minimum Gasteiger partial charge on any atom is -0.497 e. The van der Waals surface area contributed by atoms with Gasteiger partial charge in [-0.1, -0.05) is 12.1 Å². The third-order valence-electron chi connectivity index (χ3n) is 7.81. The van der Waals surface area contributed by atoms with Crippen molar-refractivity contribution in [2.75, 3.05) is 19.5 Å². The van der Waals surface area contributed by atoms with Gasteiger partial charge in [0.25, 0.3) is 5.91 Å². The Hall–Kier alpha value is -4.60. The van der Waals surface area contributed by atoms with Gasteiger partial charge < -0.3 is 29.3 Å². The maximum Gasteiger partial charge on any atom is 0.306 e. The summed E-state index contributed by atoms with van der Waals surface area (Å²) >= 11 is 0. The zero-order valence-corrected chi connectivity index (χ0v) is 23.0. The standard InChI is InChI=1S/C31H32N4O6/c1-38-22-11-3-18(4-12-22)26-27-29(32-17-33-31(27)41-28(26)19-5-13-23(39-2)14-6-19)34-20-7-9-21(10-8-20)35-30(37)24-15-16-25(36)40-24/h3-6,11-14,17,20-21,24H,7-10,15-16H2,1-2H3,(H,35,37)(H,32,33,34)/t20-,21-,24?. The van der Waals surface area contributed by atoms with Gasteiger partial charge in [0, 0.05) is 36.1 Å². The Morgan fingerprint density at radius 3 is 2.10 bits per heavy atom. The molecule has 6 rings (SSSR count). The van der Waals surface area contributed by atoms with Gasteiger partial charge in [-0.2, -0.15) is 0 Å². The largest absolute Gasteiger partial charge is 0.497 e. The van der Waals surface area contributed by atoms with Gasteiger partial charge in [0.15, 0.2) is 6.10 Å². The molecule has 1 unspecified atom stereocenters. The van der Waals surface area contributed by atoms with Crippen LogP contribution in [-0.2, 0) is 14.3 Å². The number of amides is 1. The van der Waals surface area contributed by atoms with E-state index in [0.717, 1.165) is 59.3 Å². The lowest BCUT2D eigenvalue weighted by Crippen LogP contribution is -2.44. The summed E-state index contributed by atoms with van der Waals surface area (Å²) in [6, 6.07) is 15.8. The Bertz CT molecular complexity index is 1540. The number of nitrogens with zero attached hydrogens (tertiary/aromatic N) is 2. The van der Waals surface area contributed by atoms with Crippen molar-refractivity contribution in [3.8, 4) is 33.9 Å². The fraction of sp³-hybridized carbons (Fsp3) is 0.355. The smallest absolute Gasteiger partial charge is 0.306 e. The highest BCUT2D eigenvalue weighted by Crippen LogP contribution is 2.43. The number of aromatic nitrogens is 2. The van der Waals surface area contributed by atoms with Crippen LogP contribution in [0.4, 0.5) is 5.82 Å². The Kier molecular flexibility index (Phi) is 7.45. The number of esters is 1. The van der Waals surface area contributed by atoms with E-state index < -0.39 is 6.10 Å². The first-order valence-electron chi connectivity index (χ1n) is 13.8. The Morgan fingerprint density at radius 1 is 0.854 bits per heavy atom. The van der Waals surface area contributed by atoms with Crippen LogP contribution in [0.25, 0.3) is 33.6 Å². The van der Waals surface area contributed by atoms with E-state index in [2.05, 4.69) is 20.6 Å². The third kappa shape index (κ3) is 5.54. The molecule has 1 aliphatic carbocycles. The summed E-state index contributed by atoms with van der Waals surface area (Å²) in [6.45, 7) is 0. The van der Waals surface area contributed by atoms with Crippen LogP contribution in [0.5, 0.6) is 11.5 Å². The zero-order chi connectivity index (χ0) is 28.3. The highest BCUT2D eigenvalue weighted by atomic mass is 16.6. The Labute approximate surface area is 237 Å². The van der Waals surface area contributed by atoms with Gasteiger partial charge in [0.1, 0.15) is 29.4 Å². The lowest BCUT2D eigenvalue weighted by molar-refractivity contribution is -0.148. The maximum absolute atomic E-state index is 12.5. The second-order valence-electron chi connectivity index (χ2n) is 10.4. The molecule has 0 bridgehead atoms. The number of furan rings is 1. The molecule has 2 aliphatic rings. The molecule has 2 N–H and O–H groups in total. The zero-order valence-electron chi connectivity index (χ0n) is 23.0. The first-order valence-corrected chi connectivity index (χ1v) is 13.8. The highest BCUT2D eigenvalue weighted by Gasteiger charge is 2.32. The summed E-state index contributed by atoms with van der Waals surface area (Å²) in [5.41, 5.74) is 3.23. The molecule has 1 saturated heterocycles. The van der Waals surface area contributed by atoms with Gasteiger partial charge in [-0.3, -0.25) is 9.59 Å². The van der Waals surface area contributed by atoms with Gasteiger partial charge in [0.05, 0.1) is 19.6 Å². The summed E-state index contributed by atoms with van der Waals surface area (Å²) in [7, 11) is 3.28. The molecular formula is C31H32N4O6. The molecule has 2 aromatic heterocycles. The molecular weight excluding hydrogens is 524 g/mol. The summed E-state index contributed by atoms with van der Waals surface area (Å²) in [4.78, 5) is 33.0. The number of ether oxygens (including phenoxy) is 3. The number of anilines is 1. The van der Waals surface area contributed by atoms with Crippen molar-refractivity contribution in [1.82, 2.24) is 15.3 Å². The van der Waals surface area contributed by atoms with E-state index in [1.54, 1.807) is 14.2 Å². The van der Waals surface area contributed by atoms with Crippen molar-refractivity contribution < 1.29 is 28.2 Å². The van der Waals surface area contributed by atoms with Crippen LogP contribution >= 0.6 is 0 Å². The van der Waals surface area contributed by atoms with Crippen molar-refractivity contribution in [3.05, 3.63) is 54.9 Å². The van der Waals surface area contributed by atoms with Crippen LogP contribution in [0, 0.1) is 0 Å². The molecule has 0 radical (unpaired) electrons. The first kappa shape index (κ1) is 26.6. The number of methoxy groups -OCH3 is 2. The normalized spacial score (nSPS) is 20.4. The average Bonchev–Trinajstić information content (AvgIpc) is 3.63. The van der Waals surface area contributed by atoms with E-state index in [1.807, 2.05) is 48.5 Å². The maximum atomic E-state index is 12.5. The molecule has 1 atom stereocenters. The second kappa shape index (κ2) is 11.5. The van der Waals surface area contributed by atoms with E-state index >= 15 is 0 Å². The van der Waals surface area contributed by atoms with Crippen LogP contribution in [0.1, 0.15) is 38.5 Å². The number of benzene rings is 2. The quantitative estimate of drug-likeness (QED) is 0.285. The van der Waals surface area contributed by atoms with Crippen molar-refractivity contribution in [3.63, 3.8) is 0 Å². The molecule has 41 heavy (non-hydrogen) atoms. The summed E-state index contributed by atoms with van der Waals surface area (Å²) in [6.07, 6.45) is 4.92. The van der Waals surface area contributed by atoms with Crippen LogP contribution in [0.15, 0.2) is 59.3 Å². The molecule has 0 spiro atoms. The number of cyclic esters (lactones) is 1. The number of hydrogen-bond donors (Lipinski definition) is 2. The molecule has 212 valence electrons. The fourth-order valence-corrected chi connectivity index (χ4v) is 5.60. The molecule has 1 aliphatic heterocycles. The van der Waals surface area contributed by atoms with E-state index in [-0.39, 0.29) is 24.0 Å². The lowest BCUT2D eigenvalue weighted by Gasteiger charge is -2.30. The predicted octanol–water partition coefficient (Wildman–Crippen LogP) is 5.12. The molecule has 3 heterocycles. The van der Waals surface area contributed by atoms with Crippen LogP contribution < -0.4 is 20.1 Å². The lowest BCUT2D eigenvalue weighted by atomic mass is 9.90. The molecule has 2 fully saturated rings. The molecule has 1 saturated carbocycles. The van der Waals surface area contributed by atoms with Gasteiger partial charge in [0.2, 0.25) is 5.71 Å². The number of carbonyl (C=O) groups is 2. The van der Waals surface area contributed by atoms with Gasteiger partial charge in [-0.25, -0.2) is 9.97 Å². The number of hydrogen-bond acceptors (Lipinski definition) is 9. The molecule has 4 aromatic rings. The number of nitrogens with one attached hydrogen (secondary N) is 2. The Balaban J connectivity index is 1.26. The molecule has 10 heteroatoms. The predicted molar refractivity (Wildman–Crippen MR) is 153 cm³/mol. The number of rotatable bonds is 8. The second-order valence-corrected chi connectivity index (χ2v) is 10.4. The van der Waals surface area contributed by atoms with Crippen molar-refractivity contribution in [2.45, 2.75) is 56.7 Å². The molecule has 1 amide bonds. The summed E-state index contributed by atoms with van der Waals surface area (Å²) < 4.78 is 22.2. The first-order chi connectivity index (χ1) is 20.0. The van der Waals surface area contributed by atoms with Crippen LogP contribution in [0.3, 0.4) is 0 Å². The number of fused-ring (bicyclic) bond motifs is 1. The van der Waals surface area contributed by atoms with E-state index in [4.69, 9.17) is 18.6 Å². The van der Waals surface area contributed by atoms with Gasteiger partial charge in [-0.15, -0.1) is 0 Å². The van der Waals surface area contributed by atoms with E-state index in [0.29, 0.717) is 30.1 Å². The monoisotopic (exact) mass is 556 g/mol. The summed E-state index contributed by atoms with van der Waals surface area (Å²) in [5, 5.41) is 7.51. The van der Waals surface area contributed by atoms with E-state index in [1.165, 1.54) is 6.33 Å². The third-order valence-corrected chi connectivity index (χ3v) is 7.81. The van der Waals surface area contributed by atoms with Crippen molar-refractivity contribution in [1.29, 1.82) is 0 Å². The van der Waals surface area contributed by atoms with Gasteiger partial charge >= 0.3 is 5.97 Å². The topological polar surface area (TPSA) is 125 Å². The average molecular weight is 557 g/mol. The molecule has 2 aromatic carbocycles. The van der Waals surface area contributed by atoms with Crippen LogP contribution in [-0.4, -0.2) is 54.3 Å². The van der Waals surface area contributed by atoms with Gasteiger partial charge in [-0.05, 0) is 67.6 Å². The summed E-state index contributed by atoms with van der Waals surface area (Å²) in [5.74, 6) is 2.41.